The van der Waals surface area contributed by atoms with E-state index in [4.69, 9.17) is 9.47 Å². The van der Waals surface area contributed by atoms with Crippen LogP contribution in [0.3, 0.4) is 0 Å². The second kappa shape index (κ2) is 8.73. The lowest BCUT2D eigenvalue weighted by Gasteiger charge is -2.10. The standard InChI is InChI=1S/C18H24N4O3/c1-14-17(21-22(20-14)15-7-3-2-4-8-15)18(23)19-10-6-11-24-13-16-9-5-12-25-16/h2-4,7-8,16H,5-6,9-13H2,1H3,(H,19,23)/t16-/m0/s1. The highest BCUT2D eigenvalue weighted by Gasteiger charge is 2.16. The zero-order chi connectivity index (χ0) is 17.5. The molecule has 1 saturated heterocycles. The molecule has 1 aromatic carbocycles. The van der Waals surface area contributed by atoms with Crippen LogP contribution >= 0.6 is 0 Å². The van der Waals surface area contributed by atoms with Crippen molar-refractivity contribution in [2.75, 3.05) is 26.4 Å². The number of aryl methyl sites for hydroxylation is 1. The number of aromatic nitrogens is 3. The van der Waals surface area contributed by atoms with Crippen molar-refractivity contribution in [1.82, 2.24) is 20.3 Å². The zero-order valence-electron chi connectivity index (χ0n) is 14.5. The molecular formula is C18H24N4O3. The molecule has 0 radical (unpaired) electrons. The van der Waals surface area contributed by atoms with E-state index < -0.39 is 0 Å². The number of rotatable bonds is 8. The highest BCUT2D eigenvalue weighted by Crippen LogP contribution is 2.12. The van der Waals surface area contributed by atoms with Gasteiger partial charge in [0.05, 0.1) is 24.1 Å². The molecule has 1 aliphatic heterocycles. The van der Waals surface area contributed by atoms with Crippen molar-refractivity contribution in [3.8, 4) is 5.69 Å². The lowest BCUT2D eigenvalue weighted by molar-refractivity contribution is 0.0166. The number of nitrogens with one attached hydrogen (secondary N) is 1. The van der Waals surface area contributed by atoms with Gasteiger partial charge >= 0.3 is 0 Å². The van der Waals surface area contributed by atoms with E-state index in [0.717, 1.165) is 31.6 Å². The summed E-state index contributed by atoms with van der Waals surface area (Å²) in [5.41, 5.74) is 1.78. The van der Waals surface area contributed by atoms with Crippen LogP contribution in [0.5, 0.6) is 0 Å². The predicted molar refractivity (Wildman–Crippen MR) is 92.8 cm³/mol. The van der Waals surface area contributed by atoms with E-state index >= 15 is 0 Å². The number of para-hydroxylation sites is 1. The maximum absolute atomic E-state index is 12.3. The Hall–Kier alpha value is -2.25. The molecule has 3 rings (SSSR count). The van der Waals surface area contributed by atoms with Gasteiger partial charge in [0, 0.05) is 19.8 Å². The molecule has 1 atom stereocenters. The molecule has 0 saturated carbocycles. The predicted octanol–water partition coefficient (Wildman–Crippen LogP) is 1.89. The Kier molecular flexibility index (Phi) is 6.14. The van der Waals surface area contributed by atoms with Crippen LogP contribution in [-0.4, -0.2) is 53.4 Å². The molecule has 2 aromatic rings. The Balaban J connectivity index is 1.41. The van der Waals surface area contributed by atoms with E-state index in [9.17, 15) is 4.79 Å². The first kappa shape index (κ1) is 17.6. The van der Waals surface area contributed by atoms with Crippen molar-refractivity contribution >= 4 is 5.91 Å². The lowest BCUT2D eigenvalue weighted by Crippen LogP contribution is -2.26. The number of carbonyl (C=O) groups is 1. The summed E-state index contributed by atoms with van der Waals surface area (Å²) in [6.07, 6.45) is 3.19. The molecule has 0 aliphatic carbocycles. The number of hydrogen-bond acceptors (Lipinski definition) is 5. The second-order valence-corrected chi connectivity index (χ2v) is 6.08. The summed E-state index contributed by atoms with van der Waals surface area (Å²) in [7, 11) is 0. The lowest BCUT2D eigenvalue weighted by atomic mass is 10.2. The number of carbonyl (C=O) groups excluding carboxylic acids is 1. The smallest absolute Gasteiger partial charge is 0.273 e. The molecule has 134 valence electrons. The third-order valence-electron chi connectivity index (χ3n) is 4.06. The maximum atomic E-state index is 12.3. The molecule has 0 spiro atoms. The molecular weight excluding hydrogens is 320 g/mol. The first-order chi connectivity index (χ1) is 12.2. The number of nitrogens with zero attached hydrogens (tertiary/aromatic N) is 3. The van der Waals surface area contributed by atoms with Gasteiger partial charge in [-0.05, 0) is 38.3 Å². The monoisotopic (exact) mass is 344 g/mol. The van der Waals surface area contributed by atoms with Gasteiger partial charge in [-0.25, -0.2) is 0 Å². The summed E-state index contributed by atoms with van der Waals surface area (Å²) in [4.78, 5) is 13.7. The average Bonchev–Trinajstić information content (AvgIpc) is 3.28. The SMILES string of the molecule is Cc1nn(-c2ccccc2)nc1C(=O)NCCCOC[C@@H]1CCCO1. The summed E-state index contributed by atoms with van der Waals surface area (Å²) in [5.74, 6) is -0.209. The summed E-state index contributed by atoms with van der Waals surface area (Å²) in [6.45, 7) is 4.41. The molecule has 1 aliphatic rings. The molecule has 1 amide bonds. The Morgan fingerprint density at radius 3 is 2.96 bits per heavy atom. The summed E-state index contributed by atoms with van der Waals surface area (Å²) >= 11 is 0. The van der Waals surface area contributed by atoms with Gasteiger partial charge in [-0.2, -0.15) is 9.90 Å². The minimum Gasteiger partial charge on any atom is -0.379 e. The first-order valence-electron chi connectivity index (χ1n) is 8.71. The Morgan fingerprint density at radius 2 is 2.20 bits per heavy atom. The molecule has 7 heteroatoms. The summed E-state index contributed by atoms with van der Waals surface area (Å²) in [6, 6.07) is 9.53. The fraction of sp³-hybridized carbons (Fsp3) is 0.500. The summed E-state index contributed by atoms with van der Waals surface area (Å²) in [5, 5.41) is 11.5. The van der Waals surface area contributed by atoms with E-state index in [1.54, 1.807) is 6.92 Å². The largest absolute Gasteiger partial charge is 0.379 e. The maximum Gasteiger partial charge on any atom is 0.273 e. The number of ether oxygens (including phenoxy) is 2. The van der Waals surface area contributed by atoms with Gasteiger partial charge in [0.15, 0.2) is 5.69 Å². The van der Waals surface area contributed by atoms with Crippen LogP contribution in [0.4, 0.5) is 0 Å². The molecule has 1 aromatic heterocycles. The van der Waals surface area contributed by atoms with Crippen LogP contribution in [0, 0.1) is 6.92 Å². The van der Waals surface area contributed by atoms with E-state index in [1.165, 1.54) is 4.80 Å². The third-order valence-corrected chi connectivity index (χ3v) is 4.06. The molecule has 2 heterocycles. The summed E-state index contributed by atoms with van der Waals surface area (Å²) < 4.78 is 11.1. The highest BCUT2D eigenvalue weighted by atomic mass is 16.5. The van der Waals surface area contributed by atoms with E-state index in [0.29, 0.717) is 31.1 Å². The third kappa shape index (κ3) is 4.87. The molecule has 0 bridgehead atoms. The fourth-order valence-corrected chi connectivity index (χ4v) is 2.72. The van der Waals surface area contributed by atoms with Crippen molar-refractivity contribution in [2.45, 2.75) is 32.3 Å². The normalized spacial score (nSPS) is 16.9. The van der Waals surface area contributed by atoms with Crippen LogP contribution in [0.1, 0.15) is 35.4 Å². The van der Waals surface area contributed by atoms with Gasteiger partial charge in [-0.1, -0.05) is 18.2 Å². The van der Waals surface area contributed by atoms with Crippen LogP contribution in [0.2, 0.25) is 0 Å². The molecule has 25 heavy (non-hydrogen) atoms. The minimum absolute atomic E-state index is 0.209. The van der Waals surface area contributed by atoms with Gasteiger partial charge in [-0.15, -0.1) is 5.10 Å². The van der Waals surface area contributed by atoms with Gasteiger partial charge in [0.2, 0.25) is 0 Å². The van der Waals surface area contributed by atoms with Gasteiger partial charge < -0.3 is 14.8 Å². The molecule has 7 nitrogen and oxygen atoms in total. The van der Waals surface area contributed by atoms with Gasteiger partial charge in [-0.3, -0.25) is 4.79 Å². The van der Waals surface area contributed by atoms with Crippen LogP contribution < -0.4 is 5.32 Å². The van der Waals surface area contributed by atoms with Gasteiger partial charge in [0.1, 0.15) is 0 Å². The van der Waals surface area contributed by atoms with Crippen LogP contribution in [0.25, 0.3) is 5.69 Å². The minimum atomic E-state index is -0.209. The van der Waals surface area contributed by atoms with Crippen molar-refractivity contribution < 1.29 is 14.3 Å². The average molecular weight is 344 g/mol. The molecule has 0 unspecified atom stereocenters. The topological polar surface area (TPSA) is 78.3 Å². The van der Waals surface area contributed by atoms with Crippen LogP contribution in [0.15, 0.2) is 30.3 Å². The molecule has 1 N–H and O–H groups in total. The van der Waals surface area contributed by atoms with Crippen LogP contribution in [-0.2, 0) is 9.47 Å². The Morgan fingerprint density at radius 1 is 1.36 bits per heavy atom. The van der Waals surface area contributed by atoms with Crippen molar-refractivity contribution in [3.05, 3.63) is 41.7 Å². The fourth-order valence-electron chi connectivity index (χ4n) is 2.72. The Bertz CT molecular complexity index is 681. The van der Waals surface area contributed by atoms with Crippen molar-refractivity contribution in [1.29, 1.82) is 0 Å². The van der Waals surface area contributed by atoms with E-state index in [2.05, 4.69) is 15.5 Å². The van der Waals surface area contributed by atoms with E-state index in [1.807, 2.05) is 30.3 Å². The highest BCUT2D eigenvalue weighted by molar-refractivity contribution is 5.93. The van der Waals surface area contributed by atoms with E-state index in [-0.39, 0.29) is 12.0 Å². The number of amides is 1. The van der Waals surface area contributed by atoms with Crippen molar-refractivity contribution in [2.24, 2.45) is 0 Å². The quantitative estimate of drug-likeness (QED) is 0.740. The Labute approximate surface area is 147 Å². The first-order valence-corrected chi connectivity index (χ1v) is 8.71. The number of hydrogen-bond donors (Lipinski definition) is 1. The number of benzene rings is 1. The second-order valence-electron chi connectivity index (χ2n) is 6.08. The molecule has 1 fully saturated rings. The van der Waals surface area contributed by atoms with Crippen molar-refractivity contribution in [3.63, 3.8) is 0 Å². The van der Waals surface area contributed by atoms with Gasteiger partial charge in [0.25, 0.3) is 5.91 Å². The zero-order valence-corrected chi connectivity index (χ0v) is 14.5.